The quantitative estimate of drug-likeness (QED) is 0.931. The minimum absolute atomic E-state index is 0.0333. The molecule has 25 heavy (non-hydrogen) atoms. The van der Waals surface area contributed by atoms with Gasteiger partial charge < -0.3 is 14.7 Å². The number of β-amino-alcohol motifs (C(OH)–C–C–N with tert-alkyl or cyclic N) is 1. The number of nitriles is 1. The van der Waals surface area contributed by atoms with Gasteiger partial charge in [-0.1, -0.05) is 24.3 Å². The minimum Gasteiger partial charge on any atom is -0.497 e. The van der Waals surface area contributed by atoms with E-state index in [9.17, 15) is 9.90 Å². The second kappa shape index (κ2) is 7.37. The van der Waals surface area contributed by atoms with E-state index < -0.39 is 6.10 Å². The maximum atomic E-state index is 12.8. The third-order valence-corrected chi connectivity index (χ3v) is 4.52. The summed E-state index contributed by atoms with van der Waals surface area (Å²) in [5.74, 6) is 0.701. The number of rotatable bonds is 4. The molecule has 0 radical (unpaired) electrons. The first-order valence-corrected chi connectivity index (χ1v) is 8.21. The van der Waals surface area contributed by atoms with E-state index in [4.69, 9.17) is 10.00 Å². The highest BCUT2D eigenvalue weighted by molar-refractivity contribution is 5.79. The molecule has 0 spiro atoms. The van der Waals surface area contributed by atoms with Gasteiger partial charge in [0.15, 0.2) is 0 Å². The number of aliphatic hydroxyl groups is 1. The maximum Gasteiger partial charge on any atom is 0.227 e. The second-order valence-electron chi connectivity index (χ2n) is 6.21. The van der Waals surface area contributed by atoms with Gasteiger partial charge in [0.05, 0.1) is 37.3 Å². The van der Waals surface area contributed by atoms with E-state index in [1.54, 1.807) is 36.3 Å². The van der Waals surface area contributed by atoms with E-state index in [-0.39, 0.29) is 18.4 Å². The van der Waals surface area contributed by atoms with Crippen molar-refractivity contribution in [2.24, 2.45) is 0 Å². The summed E-state index contributed by atoms with van der Waals surface area (Å²) in [4.78, 5) is 14.5. The van der Waals surface area contributed by atoms with Crippen LogP contribution in [0.1, 0.15) is 29.2 Å². The predicted molar refractivity (Wildman–Crippen MR) is 92.9 cm³/mol. The molecule has 2 atom stereocenters. The fourth-order valence-corrected chi connectivity index (χ4v) is 3.23. The molecule has 3 rings (SSSR count). The van der Waals surface area contributed by atoms with Gasteiger partial charge >= 0.3 is 0 Å². The first-order chi connectivity index (χ1) is 12.1. The van der Waals surface area contributed by atoms with Crippen LogP contribution in [0.15, 0.2) is 48.5 Å². The summed E-state index contributed by atoms with van der Waals surface area (Å²) >= 11 is 0. The van der Waals surface area contributed by atoms with Crippen molar-refractivity contribution in [2.45, 2.75) is 25.0 Å². The van der Waals surface area contributed by atoms with E-state index in [2.05, 4.69) is 6.07 Å². The van der Waals surface area contributed by atoms with Crippen molar-refractivity contribution in [3.63, 3.8) is 0 Å². The van der Waals surface area contributed by atoms with Gasteiger partial charge in [0.2, 0.25) is 5.91 Å². The highest BCUT2D eigenvalue weighted by Crippen LogP contribution is 2.34. The summed E-state index contributed by atoms with van der Waals surface area (Å²) in [6.45, 7) is 0.330. The molecule has 1 N–H and O–H groups in total. The number of methoxy groups -OCH3 is 1. The third kappa shape index (κ3) is 3.81. The molecule has 0 saturated carbocycles. The summed E-state index contributed by atoms with van der Waals surface area (Å²) in [7, 11) is 1.61. The van der Waals surface area contributed by atoms with Crippen LogP contribution in [0.5, 0.6) is 5.75 Å². The number of hydrogen-bond acceptors (Lipinski definition) is 4. The number of ether oxygens (including phenoxy) is 1. The number of amides is 1. The summed E-state index contributed by atoms with van der Waals surface area (Å²) in [6.07, 6.45) is 0.242. The van der Waals surface area contributed by atoms with Gasteiger partial charge in [-0.2, -0.15) is 5.26 Å². The first kappa shape index (κ1) is 17.0. The van der Waals surface area contributed by atoms with Crippen LogP contribution in [0.3, 0.4) is 0 Å². The Kier molecular flexibility index (Phi) is 5.01. The lowest BCUT2D eigenvalue weighted by molar-refractivity contribution is -0.131. The molecule has 1 saturated heterocycles. The Hall–Kier alpha value is -2.84. The van der Waals surface area contributed by atoms with Crippen LogP contribution in [0.2, 0.25) is 0 Å². The zero-order valence-corrected chi connectivity index (χ0v) is 14.1. The van der Waals surface area contributed by atoms with Crippen molar-refractivity contribution in [1.29, 1.82) is 5.26 Å². The molecule has 1 heterocycles. The molecule has 1 amide bonds. The van der Waals surface area contributed by atoms with Crippen LogP contribution in [-0.4, -0.2) is 35.7 Å². The maximum absolute atomic E-state index is 12.8. The SMILES string of the molecule is COc1cccc([C@H]2C[C@H](O)CN2C(=O)Cc2ccc(C#N)cc2)c1. The highest BCUT2D eigenvalue weighted by atomic mass is 16.5. The minimum atomic E-state index is -0.527. The van der Waals surface area contributed by atoms with Gasteiger partial charge in [-0.3, -0.25) is 4.79 Å². The van der Waals surface area contributed by atoms with Crippen LogP contribution in [0, 0.1) is 11.3 Å². The molecule has 2 aromatic carbocycles. The average molecular weight is 336 g/mol. The van der Waals surface area contributed by atoms with Crippen LogP contribution in [0.4, 0.5) is 0 Å². The summed E-state index contributed by atoms with van der Waals surface area (Å²) in [6, 6.07) is 16.5. The van der Waals surface area contributed by atoms with Gasteiger partial charge in [0.1, 0.15) is 5.75 Å². The largest absolute Gasteiger partial charge is 0.497 e. The number of carbonyl (C=O) groups excluding carboxylic acids is 1. The molecular weight excluding hydrogens is 316 g/mol. The molecular formula is C20H20N2O3. The number of nitrogens with zero attached hydrogens (tertiary/aromatic N) is 2. The fourth-order valence-electron chi connectivity index (χ4n) is 3.23. The molecule has 1 aliphatic rings. The van der Waals surface area contributed by atoms with Crippen LogP contribution < -0.4 is 4.74 Å². The molecule has 1 fully saturated rings. The number of aliphatic hydroxyl groups excluding tert-OH is 1. The third-order valence-electron chi connectivity index (χ3n) is 4.52. The lowest BCUT2D eigenvalue weighted by Gasteiger charge is -2.25. The topological polar surface area (TPSA) is 73.6 Å². The summed E-state index contributed by atoms with van der Waals surface area (Å²) < 4.78 is 5.26. The molecule has 128 valence electrons. The van der Waals surface area contributed by atoms with Crippen molar-refractivity contribution in [3.05, 3.63) is 65.2 Å². The number of benzene rings is 2. The number of hydrogen-bond donors (Lipinski definition) is 1. The van der Waals surface area contributed by atoms with E-state index in [1.807, 2.05) is 24.3 Å². The molecule has 5 nitrogen and oxygen atoms in total. The lowest BCUT2D eigenvalue weighted by atomic mass is 10.0. The number of carbonyl (C=O) groups is 1. The monoisotopic (exact) mass is 336 g/mol. The van der Waals surface area contributed by atoms with Gasteiger partial charge in [0.25, 0.3) is 0 Å². The highest BCUT2D eigenvalue weighted by Gasteiger charge is 2.35. The van der Waals surface area contributed by atoms with Crippen molar-refractivity contribution in [1.82, 2.24) is 4.90 Å². The predicted octanol–water partition coefficient (Wildman–Crippen LogP) is 2.44. The summed E-state index contributed by atoms with van der Waals surface area (Å²) in [5, 5.41) is 18.9. The Morgan fingerprint density at radius 2 is 2.08 bits per heavy atom. The van der Waals surface area contributed by atoms with Crippen LogP contribution in [-0.2, 0) is 11.2 Å². The van der Waals surface area contributed by atoms with Crippen molar-refractivity contribution < 1.29 is 14.6 Å². The normalized spacial score (nSPS) is 19.5. The van der Waals surface area contributed by atoms with Crippen molar-refractivity contribution in [2.75, 3.05) is 13.7 Å². The van der Waals surface area contributed by atoms with E-state index >= 15 is 0 Å². The number of likely N-dealkylation sites (tertiary alicyclic amines) is 1. The Morgan fingerprint density at radius 1 is 1.32 bits per heavy atom. The summed E-state index contributed by atoms with van der Waals surface area (Å²) in [5.41, 5.74) is 2.39. The molecule has 5 heteroatoms. The van der Waals surface area contributed by atoms with E-state index in [1.165, 1.54) is 0 Å². The fraction of sp³-hybridized carbons (Fsp3) is 0.300. The Bertz CT molecular complexity index is 795. The molecule has 0 unspecified atom stereocenters. The van der Waals surface area contributed by atoms with Crippen LogP contribution >= 0.6 is 0 Å². The van der Waals surface area contributed by atoms with Crippen molar-refractivity contribution in [3.8, 4) is 11.8 Å². The second-order valence-corrected chi connectivity index (χ2v) is 6.21. The van der Waals surface area contributed by atoms with E-state index in [0.717, 1.165) is 16.9 Å². The van der Waals surface area contributed by atoms with Crippen LogP contribution in [0.25, 0.3) is 0 Å². The van der Waals surface area contributed by atoms with Gasteiger partial charge in [-0.15, -0.1) is 0 Å². The van der Waals surface area contributed by atoms with Gasteiger partial charge in [-0.25, -0.2) is 0 Å². The molecule has 2 aromatic rings. The van der Waals surface area contributed by atoms with Gasteiger partial charge in [0, 0.05) is 6.54 Å². The molecule has 0 bridgehead atoms. The lowest BCUT2D eigenvalue weighted by Crippen LogP contribution is -2.33. The average Bonchev–Trinajstić information content (AvgIpc) is 3.04. The standard InChI is InChI=1S/C20H20N2O3/c1-25-18-4-2-3-16(10-18)19-11-17(23)13-22(19)20(24)9-14-5-7-15(12-21)8-6-14/h2-8,10,17,19,23H,9,11,13H2,1H3/t17-,19+/m0/s1. The molecule has 1 aliphatic heterocycles. The Labute approximate surface area is 147 Å². The Morgan fingerprint density at radius 3 is 2.76 bits per heavy atom. The zero-order chi connectivity index (χ0) is 17.8. The molecule has 0 aromatic heterocycles. The van der Waals surface area contributed by atoms with Crippen molar-refractivity contribution >= 4 is 5.91 Å². The Balaban J connectivity index is 1.78. The van der Waals surface area contributed by atoms with E-state index in [0.29, 0.717) is 18.5 Å². The smallest absolute Gasteiger partial charge is 0.227 e. The zero-order valence-electron chi connectivity index (χ0n) is 14.1. The first-order valence-electron chi connectivity index (χ1n) is 8.21. The molecule has 0 aliphatic carbocycles. The van der Waals surface area contributed by atoms with Gasteiger partial charge in [-0.05, 0) is 41.8 Å².